The highest BCUT2D eigenvalue weighted by molar-refractivity contribution is 5.39. The predicted octanol–water partition coefficient (Wildman–Crippen LogP) is 1.36. The van der Waals surface area contributed by atoms with E-state index in [0.717, 1.165) is 44.1 Å². The van der Waals surface area contributed by atoms with E-state index in [9.17, 15) is 5.11 Å². The highest BCUT2D eigenvalue weighted by atomic mass is 16.5. The monoisotopic (exact) mass is 222 g/mol. The first-order valence-electron chi connectivity index (χ1n) is 5.74. The topological polar surface area (TPSA) is 45.6 Å². The van der Waals surface area contributed by atoms with E-state index in [0.29, 0.717) is 0 Å². The Morgan fingerprint density at radius 2 is 2.25 bits per heavy atom. The van der Waals surface area contributed by atoms with Gasteiger partial charge in [0.25, 0.3) is 0 Å². The number of ether oxygens (including phenoxy) is 1. The number of nitrogens with zero attached hydrogens (tertiary/aromatic N) is 2. The Hall–Kier alpha value is -1.13. The smallest absolute Gasteiger partial charge is 0.128 e. The molecule has 1 atom stereocenters. The van der Waals surface area contributed by atoms with Gasteiger partial charge in [-0.3, -0.25) is 0 Å². The molecular weight excluding hydrogens is 204 g/mol. The normalized spacial score (nSPS) is 19.2. The third kappa shape index (κ3) is 2.71. The van der Waals surface area contributed by atoms with E-state index >= 15 is 0 Å². The van der Waals surface area contributed by atoms with E-state index in [1.807, 2.05) is 12.1 Å². The summed E-state index contributed by atoms with van der Waals surface area (Å²) in [4.78, 5) is 6.60. The Morgan fingerprint density at radius 1 is 1.38 bits per heavy atom. The summed E-state index contributed by atoms with van der Waals surface area (Å²) in [5.41, 5.74) is 0.856. The van der Waals surface area contributed by atoms with Crippen molar-refractivity contribution in [2.45, 2.75) is 19.4 Å². The van der Waals surface area contributed by atoms with Gasteiger partial charge in [-0.15, -0.1) is 0 Å². The molecule has 0 bridgehead atoms. The van der Waals surface area contributed by atoms with Gasteiger partial charge in [-0.1, -0.05) is 6.07 Å². The Balaban J connectivity index is 2.07. The number of aliphatic hydroxyl groups is 1. The van der Waals surface area contributed by atoms with E-state index in [1.165, 1.54) is 0 Å². The molecule has 0 unspecified atom stereocenters. The van der Waals surface area contributed by atoms with Crippen LogP contribution >= 0.6 is 0 Å². The Kier molecular flexibility index (Phi) is 3.74. The zero-order valence-corrected chi connectivity index (χ0v) is 9.59. The summed E-state index contributed by atoms with van der Waals surface area (Å²) < 4.78 is 5.40. The Labute approximate surface area is 95.9 Å². The fourth-order valence-electron chi connectivity index (χ4n) is 1.81. The lowest BCUT2D eigenvalue weighted by Gasteiger charge is -2.20. The van der Waals surface area contributed by atoms with Gasteiger partial charge in [-0.2, -0.15) is 0 Å². The molecule has 1 aromatic heterocycles. The molecule has 1 N–H and O–H groups in total. The van der Waals surface area contributed by atoms with Gasteiger partial charge < -0.3 is 14.7 Å². The minimum absolute atomic E-state index is 0.450. The maximum atomic E-state index is 9.40. The molecule has 1 aliphatic rings. The number of pyridine rings is 1. The van der Waals surface area contributed by atoms with Gasteiger partial charge in [0, 0.05) is 25.9 Å². The molecule has 4 nitrogen and oxygen atoms in total. The summed E-state index contributed by atoms with van der Waals surface area (Å²) >= 11 is 0. The fraction of sp³-hybridized carbons (Fsp3) is 0.583. The molecule has 2 heterocycles. The van der Waals surface area contributed by atoms with E-state index in [-0.39, 0.29) is 0 Å². The number of anilines is 1. The third-order valence-electron chi connectivity index (χ3n) is 2.80. The van der Waals surface area contributed by atoms with Crippen LogP contribution in [0.3, 0.4) is 0 Å². The molecule has 0 radical (unpaired) electrons. The van der Waals surface area contributed by atoms with Crippen molar-refractivity contribution in [2.24, 2.45) is 0 Å². The first kappa shape index (κ1) is 11.4. The number of aliphatic hydroxyl groups excluding tert-OH is 1. The van der Waals surface area contributed by atoms with Gasteiger partial charge in [0.1, 0.15) is 5.82 Å². The van der Waals surface area contributed by atoms with Crippen molar-refractivity contribution in [1.29, 1.82) is 0 Å². The predicted molar refractivity (Wildman–Crippen MR) is 62.5 cm³/mol. The van der Waals surface area contributed by atoms with Crippen LogP contribution in [0.4, 0.5) is 5.82 Å². The van der Waals surface area contributed by atoms with Gasteiger partial charge in [0.05, 0.1) is 12.7 Å². The van der Waals surface area contributed by atoms with E-state index in [1.54, 1.807) is 13.1 Å². The summed E-state index contributed by atoms with van der Waals surface area (Å²) in [6.45, 7) is 5.22. The van der Waals surface area contributed by atoms with Gasteiger partial charge in [0.15, 0.2) is 0 Å². The average Bonchev–Trinajstić information content (AvgIpc) is 2.57. The van der Waals surface area contributed by atoms with Crippen LogP contribution in [0, 0.1) is 0 Å². The van der Waals surface area contributed by atoms with Crippen LogP contribution in [0.15, 0.2) is 18.3 Å². The molecule has 2 rings (SSSR count). The summed E-state index contributed by atoms with van der Waals surface area (Å²) in [6, 6.07) is 3.89. The van der Waals surface area contributed by atoms with Crippen LogP contribution in [-0.4, -0.2) is 36.4 Å². The lowest BCUT2D eigenvalue weighted by atomic mass is 10.2. The fourth-order valence-corrected chi connectivity index (χ4v) is 1.81. The molecule has 1 fully saturated rings. The van der Waals surface area contributed by atoms with Crippen LogP contribution in [-0.2, 0) is 4.74 Å². The van der Waals surface area contributed by atoms with Crippen molar-refractivity contribution in [3.05, 3.63) is 23.9 Å². The van der Waals surface area contributed by atoms with Gasteiger partial charge in [0.2, 0.25) is 0 Å². The number of rotatable bonds is 2. The van der Waals surface area contributed by atoms with Crippen molar-refractivity contribution in [1.82, 2.24) is 4.98 Å². The molecule has 4 heteroatoms. The van der Waals surface area contributed by atoms with Crippen LogP contribution in [0.1, 0.15) is 25.0 Å². The molecule has 0 spiro atoms. The molecule has 1 saturated heterocycles. The van der Waals surface area contributed by atoms with Crippen molar-refractivity contribution < 1.29 is 9.84 Å². The molecule has 0 aliphatic carbocycles. The Bertz CT molecular complexity index is 316. The first-order chi connectivity index (χ1) is 7.77. The quantitative estimate of drug-likeness (QED) is 0.820. The molecule has 1 aliphatic heterocycles. The molecule has 0 aromatic carbocycles. The zero-order valence-electron chi connectivity index (χ0n) is 9.59. The number of aromatic nitrogens is 1. The molecule has 16 heavy (non-hydrogen) atoms. The SMILES string of the molecule is C[C@@H](O)c1ccc(N2CCCOCC2)nc1. The van der Waals surface area contributed by atoms with Crippen LogP contribution < -0.4 is 4.90 Å². The lowest BCUT2D eigenvalue weighted by molar-refractivity contribution is 0.152. The minimum Gasteiger partial charge on any atom is -0.389 e. The highest BCUT2D eigenvalue weighted by Gasteiger charge is 2.11. The van der Waals surface area contributed by atoms with Gasteiger partial charge in [-0.05, 0) is 25.0 Å². The van der Waals surface area contributed by atoms with Crippen LogP contribution in [0.2, 0.25) is 0 Å². The Morgan fingerprint density at radius 3 is 2.94 bits per heavy atom. The standard InChI is InChI=1S/C12H18N2O2/c1-10(15)11-3-4-12(13-9-11)14-5-2-7-16-8-6-14/h3-4,9-10,15H,2,5-8H2,1H3/t10-/m1/s1. The van der Waals surface area contributed by atoms with Gasteiger partial charge in [-0.25, -0.2) is 4.98 Å². The summed E-state index contributed by atoms with van der Waals surface area (Å²) in [7, 11) is 0. The average molecular weight is 222 g/mol. The summed E-state index contributed by atoms with van der Waals surface area (Å²) in [5.74, 6) is 0.968. The van der Waals surface area contributed by atoms with Crippen molar-refractivity contribution in [2.75, 3.05) is 31.2 Å². The second kappa shape index (κ2) is 5.27. The zero-order chi connectivity index (χ0) is 11.4. The highest BCUT2D eigenvalue weighted by Crippen LogP contribution is 2.16. The molecule has 88 valence electrons. The van der Waals surface area contributed by atoms with Crippen LogP contribution in [0.25, 0.3) is 0 Å². The second-order valence-electron chi connectivity index (χ2n) is 4.08. The van der Waals surface area contributed by atoms with Crippen LogP contribution in [0.5, 0.6) is 0 Å². The van der Waals surface area contributed by atoms with E-state index in [2.05, 4.69) is 9.88 Å². The van der Waals surface area contributed by atoms with E-state index < -0.39 is 6.10 Å². The first-order valence-corrected chi connectivity index (χ1v) is 5.74. The maximum absolute atomic E-state index is 9.40. The number of hydrogen-bond acceptors (Lipinski definition) is 4. The van der Waals surface area contributed by atoms with Crippen molar-refractivity contribution in [3.8, 4) is 0 Å². The van der Waals surface area contributed by atoms with Gasteiger partial charge >= 0.3 is 0 Å². The van der Waals surface area contributed by atoms with E-state index in [4.69, 9.17) is 4.74 Å². The largest absolute Gasteiger partial charge is 0.389 e. The number of hydrogen-bond donors (Lipinski definition) is 1. The summed E-state index contributed by atoms with van der Waals surface area (Å²) in [6.07, 6.45) is 2.33. The molecule has 0 amide bonds. The molecule has 1 aromatic rings. The van der Waals surface area contributed by atoms with Crippen molar-refractivity contribution >= 4 is 5.82 Å². The second-order valence-corrected chi connectivity index (χ2v) is 4.08. The minimum atomic E-state index is -0.450. The molecular formula is C12H18N2O2. The lowest BCUT2D eigenvalue weighted by Crippen LogP contribution is -2.26. The molecule has 0 saturated carbocycles. The van der Waals surface area contributed by atoms with Crippen molar-refractivity contribution in [3.63, 3.8) is 0 Å². The summed E-state index contributed by atoms with van der Waals surface area (Å²) in [5, 5.41) is 9.40. The third-order valence-corrected chi connectivity index (χ3v) is 2.80. The maximum Gasteiger partial charge on any atom is 0.128 e.